The molecule has 168 valence electrons. The molecule has 0 aliphatic carbocycles. The van der Waals surface area contributed by atoms with Crippen LogP contribution in [0.5, 0.6) is 34.9 Å². The van der Waals surface area contributed by atoms with Crippen LogP contribution in [0.25, 0.3) is 5.69 Å². The molecule has 0 saturated heterocycles. The SMILES string of the molecule is Cc1cc(Oc2ccc3c(c2)OCO3)nc(Oc2ccc(-n3ccnc3)c(C(F)(F)F)c2)n1. The quantitative estimate of drug-likeness (QED) is 0.403. The molecule has 0 bridgehead atoms. The smallest absolute Gasteiger partial charge is 0.418 e. The molecule has 3 heterocycles. The third kappa shape index (κ3) is 4.38. The van der Waals surface area contributed by atoms with E-state index in [0.29, 0.717) is 22.9 Å². The maximum atomic E-state index is 13.7. The van der Waals surface area contributed by atoms with E-state index in [4.69, 9.17) is 18.9 Å². The Kier molecular flexibility index (Phi) is 5.00. The van der Waals surface area contributed by atoms with Crippen LogP contribution < -0.4 is 18.9 Å². The minimum absolute atomic E-state index is 0.0779. The third-order valence-electron chi connectivity index (χ3n) is 4.64. The monoisotopic (exact) mass is 456 g/mol. The normalized spacial score (nSPS) is 12.6. The zero-order chi connectivity index (χ0) is 23.0. The van der Waals surface area contributed by atoms with Gasteiger partial charge in [-0.1, -0.05) is 0 Å². The molecule has 0 saturated carbocycles. The van der Waals surface area contributed by atoms with Crippen LogP contribution in [0.1, 0.15) is 11.3 Å². The molecular formula is C22H15F3N4O4. The molecule has 0 atom stereocenters. The second kappa shape index (κ2) is 8.01. The highest BCUT2D eigenvalue weighted by molar-refractivity contribution is 5.49. The summed E-state index contributed by atoms with van der Waals surface area (Å²) in [7, 11) is 0. The summed E-state index contributed by atoms with van der Waals surface area (Å²) in [5.41, 5.74) is -0.464. The van der Waals surface area contributed by atoms with Crippen LogP contribution >= 0.6 is 0 Å². The van der Waals surface area contributed by atoms with Gasteiger partial charge >= 0.3 is 12.2 Å². The molecule has 0 unspecified atom stereocenters. The fourth-order valence-electron chi connectivity index (χ4n) is 3.21. The van der Waals surface area contributed by atoms with Gasteiger partial charge < -0.3 is 23.5 Å². The molecule has 4 aromatic rings. The molecule has 0 fully saturated rings. The van der Waals surface area contributed by atoms with Crippen LogP contribution in [-0.2, 0) is 6.18 Å². The summed E-state index contributed by atoms with van der Waals surface area (Å²) in [6.07, 6.45) is -0.504. The first-order valence-electron chi connectivity index (χ1n) is 9.66. The molecule has 1 aliphatic heterocycles. The minimum atomic E-state index is -4.61. The topological polar surface area (TPSA) is 80.5 Å². The van der Waals surface area contributed by atoms with Crippen molar-refractivity contribution in [3.05, 3.63) is 72.4 Å². The molecular weight excluding hydrogens is 441 g/mol. The summed E-state index contributed by atoms with van der Waals surface area (Å²) in [5, 5.41) is 0. The van der Waals surface area contributed by atoms with E-state index < -0.39 is 11.7 Å². The highest BCUT2D eigenvalue weighted by Crippen LogP contribution is 2.38. The molecule has 0 radical (unpaired) electrons. The number of aryl methyl sites for hydroxylation is 1. The fraction of sp³-hybridized carbons (Fsp3) is 0.136. The van der Waals surface area contributed by atoms with E-state index in [9.17, 15) is 13.2 Å². The lowest BCUT2D eigenvalue weighted by Gasteiger charge is -2.15. The first-order valence-corrected chi connectivity index (χ1v) is 9.66. The lowest BCUT2D eigenvalue weighted by Crippen LogP contribution is -2.10. The summed E-state index contributed by atoms with van der Waals surface area (Å²) >= 11 is 0. The number of benzene rings is 2. The van der Waals surface area contributed by atoms with Crippen LogP contribution in [0.4, 0.5) is 13.2 Å². The Labute approximate surface area is 185 Å². The van der Waals surface area contributed by atoms with Gasteiger partial charge in [-0.15, -0.1) is 0 Å². The Hall–Kier alpha value is -4.28. The van der Waals surface area contributed by atoms with Crippen LogP contribution in [0.15, 0.2) is 61.2 Å². The largest absolute Gasteiger partial charge is 0.454 e. The number of halogens is 3. The number of rotatable bonds is 5. The number of fused-ring (bicyclic) bond motifs is 1. The molecule has 0 amide bonds. The molecule has 8 nitrogen and oxygen atoms in total. The van der Waals surface area contributed by atoms with E-state index in [-0.39, 0.29) is 30.1 Å². The van der Waals surface area contributed by atoms with Gasteiger partial charge in [0.2, 0.25) is 12.7 Å². The summed E-state index contributed by atoms with van der Waals surface area (Å²) < 4.78 is 64.2. The molecule has 11 heteroatoms. The van der Waals surface area contributed by atoms with Crippen LogP contribution in [0.2, 0.25) is 0 Å². The van der Waals surface area contributed by atoms with Gasteiger partial charge in [-0.25, -0.2) is 4.98 Å². The lowest BCUT2D eigenvalue weighted by atomic mass is 10.1. The highest BCUT2D eigenvalue weighted by Gasteiger charge is 2.34. The van der Waals surface area contributed by atoms with E-state index in [1.807, 2.05) is 0 Å². The van der Waals surface area contributed by atoms with Crippen LogP contribution in [-0.4, -0.2) is 26.3 Å². The second-order valence-electron chi connectivity index (χ2n) is 7.00. The number of nitrogens with zero attached hydrogens (tertiary/aromatic N) is 4. The van der Waals surface area contributed by atoms with Crippen molar-refractivity contribution in [2.24, 2.45) is 0 Å². The molecule has 2 aromatic heterocycles. The Bertz CT molecular complexity index is 1310. The van der Waals surface area contributed by atoms with E-state index in [1.165, 1.54) is 35.4 Å². The average molecular weight is 456 g/mol. The number of aromatic nitrogens is 4. The van der Waals surface area contributed by atoms with E-state index in [1.54, 1.807) is 31.2 Å². The van der Waals surface area contributed by atoms with Crippen molar-refractivity contribution in [2.45, 2.75) is 13.1 Å². The van der Waals surface area contributed by atoms with Gasteiger partial charge in [-0.05, 0) is 37.3 Å². The molecule has 1 aliphatic rings. The van der Waals surface area contributed by atoms with E-state index >= 15 is 0 Å². The number of hydrogen-bond acceptors (Lipinski definition) is 7. The Morgan fingerprint density at radius 1 is 0.939 bits per heavy atom. The number of ether oxygens (including phenoxy) is 4. The van der Waals surface area contributed by atoms with Crippen molar-refractivity contribution in [2.75, 3.05) is 6.79 Å². The van der Waals surface area contributed by atoms with E-state index in [0.717, 1.165) is 6.07 Å². The maximum absolute atomic E-state index is 13.7. The molecule has 2 aromatic carbocycles. The van der Waals surface area contributed by atoms with Crippen molar-refractivity contribution in [3.63, 3.8) is 0 Å². The van der Waals surface area contributed by atoms with Crippen molar-refractivity contribution in [3.8, 4) is 40.6 Å². The minimum Gasteiger partial charge on any atom is -0.454 e. The number of hydrogen-bond donors (Lipinski definition) is 0. The van der Waals surface area contributed by atoms with Gasteiger partial charge in [-0.3, -0.25) is 0 Å². The summed E-state index contributed by atoms with van der Waals surface area (Å²) in [5.74, 6) is 1.65. The summed E-state index contributed by atoms with van der Waals surface area (Å²) in [4.78, 5) is 12.1. The van der Waals surface area contributed by atoms with Gasteiger partial charge in [0, 0.05) is 30.2 Å². The Morgan fingerprint density at radius 2 is 1.73 bits per heavy atom. The van der Waals surface area contributed by atoms with Gasteiger partial charge in [-0.2, -0.15) is 23.1 Å². The standard InChI is InChI=1S/C22H15F3N4O4/c1-13-8-20(32-15-3-5-18-19(10-15)31-12-30-18)28-21(27-13)33-14-2-4-17(29-7-6-26-11-29)16(9-14)22(23,24)25/h2-11H,12H2,1H3. The van der Waals surface area contributed by atoms with Gasteiger partial charge in [0.15, 0.2) is 11.5 Å². The number of alkyl halides is 3. The first kappa shape index (κ1) is 20.6. The van der Waals surface area contributed by atoms with Gasteiger partial charge in [0.1, 0.15) is 11.5 Å². The Balaban J connectivity index is 1.42. The number of imidazole rings is 1. The van der Waals surface area contributed by atoms with Crippen molar-refractivity contribution in [1.82, 2.24) is 19.5 Å². The summed E-state index contributed by atoms with van der Waals surface area (Å²) in [6, 6.07) is 10.0. The van der Waals surface area contributed by atoms with Crippen LogP contribution in [0.3, 0.4) is 0 Å². The molecule has 5 rings (SSSR count). The molecule has 33 heavy (non-hydrogen) atoms. The van der Waals surface area contributed by atoms with E-state index in [2.05, 4.69) is 15.0 Å². The predicted octanol–water partition coefficient (Wildman–Crippen LogP) is 5.30. The maximum Gasteiger partial charge on any atom is 0.418 e. The first-order chi connectivity index (χ1) is 15.8. The second-order valence-corrected chi connectivity index (χ2v) is 7.00. The summed E-state index contributed by atoms with van der Waals surface area (Å²) in [6.45, 7) is 1.81. The van der Waals surface area contributed by atoms with Crippen molar-refractivity contribution < 1.29 is 32.1 Å². The average Bonchev–Trinajstić information content (AvgIpc) is 3.44. The fourth-order valence-corrected chi connectivity index (χ4v) is 3.21. The van der Waals surface area contributed by atoms with Crippen molar-refractivity contribution >= 4 is 0 Å². The highest BCUT2D eigenvalue weighted by atomic mass is 19.4. The lowest BCUT2D eigenvalue weighted by molar-refractivity contribution is -0.137. The zero-order valence-corrected chi connectivity index (χ0v) is 17.0. The molecule has 0 N–H and O–H groups in total. The third-order valence-corrected chi connectivity index (χ3v) is 4.64. The molecule has 0 spiro atoms. The van der Waals surface area contributed by atoms with Crippen molar-refractivity contribution in [1.29, 1.82) is 0 Å². The zero-order valence-electron chi connectivity index (χ0n) is 17.0. The van der Waals surface area contributed by atoms with Gasteiger partial charge in [0.25, 0.3) is 0 Å². The van der Waals surface area contributed by atoms with Gasteiger partial charge in [0.05, 0.1) is 17.6 Å². The van der Waals surface area contributed by atoms with Crippen LogP contribution in [0, 0.1) is 6.92 Å². The Morgan fingerprint density at radius 3 is 2.52 bits per heavy atom. The predicted molar refractivity (Wildman–Crippen MR) is 108 cm³/mol.